The van der Waals surface area contributed by atoms with Gasteiger partial charge in [-0.05, 0) is 48.6 Å². The number of carbonyl (C=O) groups excluding carboxylic acids is 1. The van der Waals surface area contributed by atoms with E-state index in [2.05, 4.69) is 15.6 Å². The minimum Gasteiger partial charge on any atom is -0.436 e. The zero-order valence-corrected chi connectivity index (χ0v) is 16.2. The number of oxazole rings is 1. The van der Waals surface area contributed by atoms with Gasteiger partial charge in [0.1, 0.15) is 5.52 Å². The molecule has 0 fully saturated rings. The first kappa shape index (κ1) is 18.4. The molecule has 0 bridgehead atoms. The van der Waals surface area contributed by atoms with Crippen LogP contribution in [0.15, 0.2) is 46.9 Å². The summed E-state index contributed by atoms with van der Waals surface area (Å²) in [6.45, 7) is 5.47. The van der Waals surface area contributed by atoms with Crippen LogP contribution in [0.4, 0.5) is 5.69 Å². The largest absolute Gasteiger partial charge is 0.436 e. The monoisotopic (exact) mass is 387 g/mol. The van der Waals surface area contributed by atoms with Crippen molar-refractivity contribution in [3.05, 3.63) is 47.5 Å². The van der Waals surface area contributed by atoms with Crippen LogP contribution in [-0.4, -0.2) is 16.0 Å². The van der Waals surface area contributed by atoms with E-state index < -0.39 is 5.41 Å². The third-order valence-electron chi connectivity index (χ3n) is 3.63. The molecule has 0 saturated carbocycles. The highest BCUT2D eigenvalue weighted by molar-refractivity contribution is 7.80. The van der Waals surface area contributed by atoms with Crippen LogP contribution in [-0.2, 0) is 4.79 Å². The molecule has 0 saturated heterocycles. The third-order valence-corrected chi connectivity index (χ3v) is 4.06. The van der Waals surface area contributed by atoms with Gasteiger partial charge in [0.15, 0.2) is 10.7 Å². The number of nitrogens with zero attached hydrogens (tertiary/aromatic N) is 1. The molecule has 3 aromatic rings. The van der Waals surface area contributed by atoms with Gasteiger partial charge in [-0.1, -0.05) is 38.4 Å². The summed E-state index contributed by atoms with van der Waals surface area (Å²) in [7, 11) is 0. The van der Waals surface area contributed by atoms with E-state index in [1.807, 2.05) is 45.0 Å². The molecule has 0 unspecified atom stereocenters. The maximum absolute atomic E-state index is 12.0. The Bertz CT molecular complexity index is 992. The molecule has 1 amide bonds. The summed E-state index contributed by atoms with van der Waals surface area (Å²) in [4.78, 5) is 16.5. The summed E-state index contributed by atoms with van der Waals surface area (Å²) in [6.07, 6.45) is 0. The summed E-state index contributed by atoms with van der Waals surface area (Å²) in [5.41, 5.74) is 2.34. The predicted octanol–water partition coefficient (Wildman–Crippen LogP) is 5.01. The maximum Gasteiger partial charge on any atom is 0.231 e. The number of hydrogen-bond acceptors (Lipinski definition) is 4. The van der Waals surface area contributed by atoms with Gasteiger partial charge >= 0.3 is 0 Å². The fourth-order valence-electron chi connectivity index (χ4n) is 2.21. The average molecular weight is 388 g/mol. The van der Waals surface area contributed by atoms with Crippen molar-refractivity contribution in [1.82, 2.24) is 10.3 Å². The molecule has 0 atom stereocenters. The molecule has 0 aliphatic rings. The first-order valence-corrected chi connectivity index (χ1v) is 8.80. The van der Waals surface area contributed by atoms with Crippen molar-refractivity contribution in [3.8, 4) is 11.5 Å². The molecule has 3 rings (SSSR count). The van der Waals surface area contributed by atoms with E-state index in [0.717, 1.165) is 11.3 Å². The standard InChI is InChI=1S/C19H18ClN3O2S/c1-19(2,3)17(24)23-18(26)21-13-6-4-5-11(9-13)16-22-14-10-12(20)7-8-15(14)25-16/h4-10H,1-3H3,(H2,21,23,24,26). The van der Waals surface area contributed by atoms with Crippen LogP contribution >= 0.6 is 23.8 Å². The summed E-state index contributed by atoms with van der Waals surface area (Å²) in [5, 5.41) is 6.54. The lowest BCUT2D eigenvalue weighted by Crippen LogP contribution is -2.41. The number of amides is 1. The van der Waals surface area contributed by atoms with Gasteiger partial charge in [0.2, 0.25) is 11.8 Å². The Labute approximate surface area is 161 Å². The highest BCUT2D eigenvalue weighted by Gasteiger charge is 2.22. The zero-order chi connectivity index (χ0) is 18.9. The number of benzene rings is 2. The Kier molecular flexibility index (Phi) is 4.98. The fraction of sp³-hybridized carbons (Fsp3) is 0.211. The second kappa shape index (κ2) is 7.05. The molecule has 134 valence electrons. The molecule has 1 aromatic heterocycles. The van der Waals surface area contributed by atoms with Crippen molar-refractivity contribution in [2.24, 2.45) is 5.41 Å². The Morgan fingerprint density at radius 1 is 1.19 bits per heavy atom. The number of nitrogens with one attached hydrogen (secondary N) is 2. The summed E-state index contributed by atoms with van der Waals surface area (Å²) in [6, 6.07) is 12.7. The second-order valence-corrected chi connectivity index (χ2v) is 7.71. The van der Waals surface area contributed by atoms with Crippen molar-refractivity contribution in [2.75, 3.05) is 5.32 Å². The van der Waals surface area contributed by atoms with Gasteiger partial charge in [-0.2, -0.15) is 0 Å². The molecule has 0 spiro atoms. The predicted molar refractivity (Wildman–Crippen MR) is 108 cm³/mol. The molecular weight excluding hydrogens is 370 g/mol. The molecule has 5 nitrogen and oxygen atoms in total. The maximum atomic E-state index is 12.0. The first-order valence-electron chi connectivity index (χ1n) is 8.01. The number of halogens is 1. The van der Waals surface area contributed by atoms with Crippen LogP contribution < -0.4 is 10.6 Å². The van der Waals surface area contributed by atoms with Crippen molar-refractivity contribution >= 4 is 51.6 Å². The molecule has 7 heteroatoms. The number of rotatable bonds is 2. The minimum atomic E-state index is -0.521. The smallest absolute Gasteiger partial charge is 0.231 e. The molecular formula is C19H18ClN3O2S. The van der Waals surface area contributed by atoms with Gasteiger partial charge in [0, 0.05) is 21.7 Å². The minimum absolute atomic E-state index is 0.151. The van der Waals surface area contributed by atoms with E-state index in [9.17, 15) is 4.79 Å². The summed E-state index contributed by atoms with van der Waals surface area (Å²) < 4.78 is 5.78. The lowest BCUT2D eigenvalue weighted by molar-refractivity contribution is -0.126. The molecule has 0 aliphatic carbocycles. The normalized spacial score (nSPS) is 11.4. The first-order chi connectivity index (χ1) is 12.2. The Morgan fingerprint density at radius 3 is 2.69 bits per heavy atom. The van der Waals surface area contributed by atoms with Crippen molar-refractivity contribution in [3.63, 3.8) is 0 Å². The van der Waals surface area contributed by atoms with E-state index in [4.69, 9.17) is 28.2 Å². The molecule has 2 N–H and O–H groups in total. The molecule has 2 aromatic carbocycles. The van der Waals surface area contributed by atoms with Gasteiger partial charge in [-0.15, -0.1) is 0 Å². The van der Waals surface area contributed by atoms with Crippen molar-refractivity contribution in [1.29, 1.82) is 0 Å². The van der Waals surface area contributed by atoms with Crippen LogP contribution in [0.25, 0.3) is 22.6 Å². The van der Waals surface area contributed by atoms with E-state index in [1.54, 1.807) is 18.2 Å². The SMILES string of the molecule is CC(C)(C)C(=O)NC(=S)Nc1cccc(-c2nc3cc(Cl)ccc3o2)c1. The van der Waals surface area contributed by atoms with Crippen molar-refractivity contribution in [2.45, 2.75) is 20.8 Å². The van der Waals surface area contributed by atoms with Gasteiger partial charge in [-0.3, -0.25) is 4.79 Å². The number of anilines is 1. The van der Waals surface area contributed by atoms with E-state index in [1.165, 1.54) is 0 Å². The van der Waals surface area contributed by atoms with E-state index in [-0.39, 0.29) is 11.0 Å². The number of carbonyl (C=O) groups is 1. The van der Waals surface area contributed by atoms with Crippen molar-refractivity contribution < 1.29 is 9.21 Å². The van der Waals surface area contributed by atoms with Gasteiger partial charge in [0.05, 0.1) is 0 Å². The second-order valence-electron chi connectivity index (χ2n) is 6.87. The highest BCUT2D eigenvalue weighted by atomic mass is 35.5. The van der Waals surface area contributed by atoms with E-state index in [0.29, 0.717) is 22.0 Å². The molecule has 0 radical (unpaired) electrons. The van der Waals surface area contributed by atoms with Crippen LogP contribution in [0.2, 0.25) is 5.02 Å². The summed E-state index contributed by atoms with van der Waals surface area (Å²) in [5.74, 6) is 0.331. The number of hydrogen-bond donors (Lipinski definition) is 2. The van der Waals surface area contributed by atoms with Crippen LogP contribution in [0.3, 0.4) is 0 Å². The lowest BCUT2D eigenvalue weighted by atomic mass is 9.96. The topological polar surface area (TPSA) is 67.2 Å². The van der Waals surface area contributed by atoms with Gasteiger partial charge in [-0.25, -0.2) is 4.98 Å². The highest BCUT2D eigenvalue weighted by Crippen LogP contribution is 2.27. The average Bonchev–Trinajstić information content (AvgIpc) is 2.97. The zero-order valence-electron chi connectivity index (χ0n) is 14.6. The molecule has 0 aliphatic heterocycles. The van der Waals surface area contributed by atoms with Crippen LogP contribution in [0, 0.1) is 5.41 Å². The fourth-order valence-corrected chi connectivity index (χ4v) is 2.58. The van der Waals surface area contributed by atoms with Gasteiger partial charge in [0.25, 0.3) is 0 Å². The Hall–Kier alpha value is -2.44. The Balaban J connectivity index is 1.79. The quantitative estimate of drug-likeness (QED) is 0.605. The lowest BCUT2D eigenvalue weighted by Gasteiger charge is -2.18. The number of aromatic nitrogens is 1. The van der Waals surface area contributed by atoms with Crippen LogP contribution in [0.1, 0.15) is 20.8 Å². The van der Waals surface area contributed by atoms with E-state index >= 15 is 0 Å². The number of fused-ring (bicyclic) bond motifs is 1. The molecule has 1 heterocycles. The number of thiocarbonyl (C=S) groups is 1. The third kappa shape index (κ3) is 4.20. The molecule has 26 heavy (non-hydrogen) atoms. The summed E-state index contributed by atoms with van der Waals surface area (Å²) >= 11 is 11.2. The van der Waals surface area contributed by atoms with Crippen LogP contribution in [0.5, 0.6) is 0 Å². The Morgan fingerprint density at radius 2 is 1.96 bits per heavy atom. The van der Waals surface area contributed by atoms with Gasteiger partial charge < -0.3 is 15.1 Å².